The van der Waals surface area contributed by atoms with Crippen LogP contribution in [0.5, 0.6) is 11.5 Å². The van der Waals surface area contributed by atoms with Gasteiger partial charge in [-0.1, -0.05) is 12.1 Å². The van der Waals surface area contributed by atoms with E-state index in [0.717, 1.165) is 5.56 Å². The van der Waals surface area contributed by atoms with E-state index >= 15 is 0 Å². The zero-order valence-corrected chi connectivity index (χ0v) is 17.8. The van der Waals surface area contributed by atoms with Crippen molar-refractivity contribution in [2.24, 2.45) is 0 Å². The fourth-order valence-corrected chi connectivity index (χ4v) is 3.70. The Balaban J connectivity index is 1.62. The summed E-state index contributed by atoms with van der Waals surface area (Å²) in [5, 5.41) is 11.2. The lowest BCUT2D eigenvalue weighted by Gasteiger charge is -2.44. The Morgan fingerprint density at radius 2 is 1.87 bits per heavy atom. The monoisotopic (exact) mass is 431 g/mol. The second kappa shape index (κ2) is 9.74. The lowest BCUT2D eigenvalue weighted by atomic mass is 10.1. The van der Waals surface area contributed by atoms with Gasteiger partial charge in [-0.15, -0.1) is 0 Å². The van der Waals surface area contributed by atoms with Crippen molar-refractivity contribution < 1.29 is 23.6 Å². The number of halogens is 1. The zero-order valence-electron chi connectivity index (χ0n) is 17.8. The first kappa shape index (κ1) is 22.5. The average Bonchev–Trinajstić information content (AvgIpc) is 2.75. The molecule has 0 radical (unpaired) electrons. The molecule has 2 aromatic carbocycles. The van der Waals surface area contributed by atoms with Crippen molar-refractivity contribution in [2.45, 2.75) is 32.5 Å². The number of nitrogens with zero attached hydrogens (tertiary/aromatic N) is 3. The van der Waals surface area contributed by atoms with Crippen molar-refractivity contribution >= 4 is 11.6 Å². The Morgan fingerprint density at radius 3 is 2.52 bits per heavy atom. The number of carbonyl (C=O) groups is 1. The van der Waals surface area contributed by atoms with Crippen molar-refractivity contribution in [3.05, 3.63) is 64.0 Å². The molecule has 0 spiro atoms. The minimum absolute atomic E-state index is 0.00616. The van der Waals surface area contributed by atoms with E-state index in [4.69, 9.17) is 9.47 Å². The smallest absolute Gasteiger partial charge is 0.311 e. The van der Waals surface area contributed by atoms with Crippen molar-refractivity contribution in [3.63, 3.8) is 0 Å². The first-order chi connectivity index (χ1) is 14.8. The molecule has 0 bridgehead atoms. The molecule has 1 fully saturated rings. The topological polar surface area (TPSA) is 85.2 Å². The SMILES string of the molecule is COc1ccc([N+](=O)[O-])c(OCC(=O)N2C[C@H](C)N(Cc3ccc(F)cc3)C[C@H]2C)c1. The molecule has 1 saturated heterocycles. The Kier molecular flexibility index (Phi) is 7.06. The number of ether oxygens (including phenoxy) is 2. The summed E-state index contributed by atoms with van der Waals surface area (Å²) in [7, 11) is 1.45. The van der Waals surface area contributed by atoms with Gasteiger partial charge in [0.1, 0.15) is 11.6 Å². The van der Waals surface area contributed by atoms with E-state index in [2.05, 4.69) is 4.90 Å². The Morgan fingerprint density at radius 1 is 1.16 bits per heavy atom. The van der Waals surface area contributed by atoms with E-state index in [1.165, 1.54) is 37.4 Å². The molecular formula is C22H26FN3O5. The summed E-state index contributed by atoms with van der Waals surface area (Å²) >= 11 is 0. The molecule has 1 aliphatic heterocycles. The fraction of sp³-hybridized carbons (Fsp3) is 0.409. The number of methoxy groups -OCH3 is 1. The number of hydrogen-bond acceptors (Lipinski definition) is 6. The second-order valence-electron chi connectivity index (χ2n) is 7.68. The molecule has 31 heavy (non-hydrogen) atoms. The van der Waals surface area contributed by atoms with Gasteiger partial charge in [0.2, 0.25) is 5.75 Å². The summed E-state index contributed by atoms with van der Waals surface area (Å²) in [5.74, 6) is -0.104. The molecule has 0 saturated carbocycles. The molecule has 0 aromatic heterocycles. The number of amides is 1. The maximum atomic E-state index is 13.1. The lowest BCUT2D eigenvalue weighted by molar-refractivity contribution is -0.385. The molecule has 3 rings (SSSR count). The quantitative estimate of drug-likeness (QED) is 0.494. The van der Waals surface area contributed by atoms with Crippen molar-refractivity contribution in [1.82, 2.24) is 9.80 Å². The van der Waals surface area contributed by atoms with E-state index in [9.17, 15) is 19.3 Å². The van der Waals surface area contributed by atoms with Crippen LogP contribution in [-0.2, 0) is 11.3 Å². The van der Waals surface area contributed by atoms with Crippen LogP contribution in [0.2, 0.25) is 0 Å². The van der Waals surface area contributed by atoms with Crippen LogP contribution in [0.3, 0.4) is 0 Å². The largest absolute Gasteiger partial charge is 0.497 e. The van der Waals surface area contributed by atoms with Crippen molar-refractivity contribution in [2.75, 3.05) is 26.8 Å². The highest BCUT2D eigenvalue weighted by atomic mass is 19.1. The number of nitro groups is 1. The van der Waals surface area contributed by atoms with Crippen LogP contribution in [0.25, 0.3) is 0 Å². The van der Waals surface area contributed by atoms with Crippen molar-refractivity contribution in [3.8, 4) is 11.5 Å². The molecule has 0 unspecified atom stereocenters. The van der Waals surface area contributed by atoms with Gasteiger partial charge >= 0.3 is 5.69 Å². The molecule has 1 aliphatic rings. The first-order valence-corrected chi connectivity index (χ1v) is 10.0. The number of carbonyl (C=O) groups excluding carboxylic acids is 1. The predicted molar refractivity (Wildman–Crippen MR) is 113 cm³/mol. The van der Waals surface area contributed by atoms with E-state index in [-0.39, 0.29) is 41.9 Å². The third kappa shape index (κ3) is 5.49. The van der Waals surface area contributed by atoms with Crippen LogP contribution in [0.4, 0.5) is 10.1 Å². The van der Waals surface area contributed by atoms with Gasteiger partial charge in [0.05, 0.1) is 12.0 Å². The summed E-state index contributed by atoms with van der Waals surface area (Å²) in [6.45, 7) is 5.51. The standard InChI is InChI=1S/C22H26FN3O5/c1-15-12-25(16(2)11-24(15)13-17-4-6-18(23)7-5-17)22(27)14-31-21-10-19(30-3)8-9-20(21)26(28)29/h4-10,15-16H,11-14H2,1-3H3/t15-,16+/m0/s1. The zero-order chi connectivity index (χ0) is 22.5. The minimum Gasteiger partial charge on any atom is -0.497 e. The highest BCUT2D eigenvalue weighted by Gasteiger charge is 2.32. The molecule has 1 heterocycles. The van der Waals surface area contributed by atoms with E-state index in [1.807, 2.05) is 13.8 Å². The van der Waals surface area contributed by atoms with Crippen LogP contribution in [0.1, 0.15) is 19.4 Å². The van der Waals surface area contributed by atoms with Gasteiger partial charge in [0, 0.05) is 43.9 Å². The molecule has 9 heteroatoms. The summed E-state index contributed by atoms with van der Waals surface area (Å²) in [6, 6.07) is 10.6. The van der Waals surface area contributed by atoms with Gasteiger partial charge in [-0.2, -0.15) is 0 Å². The minimum atomic E-state index is -0.557. The van der Waals surface area contributed by atoms with Gasteiger partial charge in [-0.3, -0.25) is 19.8 Å². The molecule has 1 amide bonds. The van der Waals surface area contributed by atoms with Crippen LogP contribution in [-0.4, -0.2) is 59.5 Å². The molecule has 0 aliphatic carbocycles. The number of hydrogen-bond donors (Lipinski definition) is 0. The van der Waals surface area contributed by atoms with Crippen LogP contribution in [0.15, 0.2) is 42.5 Å². The van der Waals surface area contributed by atoms with Crippen molar-refractivity contribution in [1.29, 1.82) is 0 Å². The van der Waals surface area contributed by atoms with Crippen LogP contribution >= 0.6 is 0 Å². The average molecular weight is 431 g/mol. The molecule has 2 aromatic rings. The maximum Gasteiger partial charge on any atom is 0.311 e. The Hall–Kier alpha value is -3.20. The maximum absolute atomic E-state index is 13.1. The first-order valence-electron chi connectivity index (χ1n) is 10.0. The Bertz CT molecular complexity index is 937. The van der Waals surface area contributed by atoms with E-state index in [1.54, 1.807) is 17.0 Å². The molecule has 8 nitrogen and oxygen atoms in total. The molecule has 2 atom stereocenters. The molecule has 166 valence electrons. The second-order valence-corrected chi connectivity index (χ2v) is 7.68. The van der Waals surface area contributed by atoms with Gasteiger partial charge in [0.25, 0.3) is 5.91 Å². The predicted octanol–water partition coefficient (Wildman–Crippen LogP) is 3.24. The summed E-state index contributed by atoms with van der Waals surface area (Å²) in [4.78, 5) is 27.5. The Labute approximate surface area is 180 Å². The van der Waals surface area contributed by atoms with E-state index in [0.29, 0.717) is 25.4 Å². The number of piperazine rings is 1. The highest BCUT2D eigenvalue weighted by Crippen LogP contribution is 2.31. The fourth-order valence-electron chi connectivity index (χ4n) is 3.70. The summed E-state index contributed by atoms with van der Waals surface area (Å²) in [5.41, 5.74) is 0.785. The normalized spacial score (nSPS) is 19.2. The number of benzene rings is 2. The van der Waals surface area contributed by atoms with Crippen LogP contribution in [0, 0.1) is 15.9 Å². The van der Waals surface area contributed by atoms with Gasteiger partial charge in [-0.05, 0) is 37.6 Å². The number of nitro benzene ring substituents is 1. The summed E-state index contributed by atoms with van der Waals surface area (Å²) < 4.78 is 23.7. The third-order valence-corrected chi connectivity index (χ3v) is 5.45. The van der Waals surface area contributed by atoms with Gasteiger partial charge < -0.3 is 14.4 Å². The summed E-state index contributed by atoms with van der Waals surface area (Å²) in [6.07, 6.45) is 0. The molecular weight excluding hydrogens is 405 g/mol. The van der Waals surface area contributed by atoms with Crippen LogP contribution < -0.4 is 9.47 Å². The number of rotatable bonds is 7. The molecule has 0 N–H and O–H groups in total. The van der Waals surface area contributed by atoms with Gasteiger partial charge in [0.15, 0.2) is 6.61 Å². The lowest BCUT2D eigenvalue weighted by Crippen LogP contribution is -2.58. The van der Waals surface area contributed by atoms with E-state index < -0.39 is 4.92 Å². The van der Waals surface area contributed by atoms with Gasteiger partial charge in [-0.25, -0.2) is 4.39 Å². The third-order valence-electron chi connectivity index (χ3n) is 5.45. The highest BCUT2D eigenvalue weighted by molar-refractivity contribution is 5.78.